The molecule has 1 aromatic heterocycles. The fourth-order valence-corrected chi connectivity index (χ4v) is 4.15. The Labute approximate surface area is 193 Å². The molecule has 2 N–H and O–H groups in total. The number of aliphatic imine (C=N–C) groups is 1. The fraction of sp³-hybridized carbons (Fsp3) is 0.476. The number of hydrogen-bond donors (Lipinski definition) is 2. The molecule has 2 unspecified atom stereocenters. The van der Waals surface area contributed by atoms with E-state index in [9.17, 15) is 4.39 Å². The van der Waals surface area contributed by atoms with E-state index in [-0.39, 0.29) is 35.8 Å². The van der Waals surface area contributed by atoms with Crippen LogP contribution >= 0.6 is 35.3 Å². The van der Waals surface area contributed by atoms with E-state index in [1.807, 2.05) is 12.1 Å². The predicted octanol–water partition coefficient (Wildman–Crippen LogP) is 3.85. The molecule has 0 amide bonds. The molecule has 3 rings (SSSR count). The number of nitrogens with one attached hydrogen (secondary N) is 2. The molecule has 1 aromatic carbocycles. The standard InChI is InChI=1S/C21H29FN4OS.HI/c1-16(20-4-3-13-28-20)14-24-21(23-2)25-15-19(26-9-11-27-12-10-26)17-5-7-18(22)8-6-17;/h3-8,13,16,19H,9-12,14-15H2,1-2H3,(H2,23,24,25);1H. The molecule has 0 bridgehead atoms. The molecule has 29 heavy (non-hydrogen) atoms. The molecule has 0 saturated carbocycles. The minimum atomic E-state index is -0.211. The molecule has 0 radical (unpaired) electrons. The molecule has 160 valence electrons. The zero-order valence-electron chi connectivity index (χ0n) is 16.9. The number of morpholine rings is 1. The predicted molar refractivity (Wildman–Crippen MR) is 129 cm³/mol. The van der Waals surface area contributed by atoms with Gasteiger partial charge in [0.15, 0.2) is 5.96 Å². The molecule has 5 nitrogen and oxygen atoms in total. The molecule has 1 aliphatic heterocycles. The minimum absolute atomic E-state index is 0. The van der Waals surface area contributed by atoms with Gasteiger partial charge in [0.05, 0.1) is 19.3 Å². The van der Waals surface area contributed by atoms with Crippen molar-refractivity contribution in [1.29, 1.82) is 0 Å². The van der Waals surface area contributed by atoms with Gasteiger partial charge in [-0.15, -0.1) is 35.3 Å². The van der Waals surface area contributed by atoms with Gasteiger partial charge in [0, 0.05) is 44.0 Å². The van der Waals surface area contributed by atoms with E-state index in [4.69, 9.17) is 4.74 Å². The van der Waals surface area contributed by atoms with Crippen molar-refractivity contribution >= 4 is 41.3 Å². The molecule has 8 heteroatoms. The van der Waals surface area contributed by atoms with E-state index in [1.165, 1.54) is 17.0 Å². The van der Waals surface area contributed by atoms with Crippen LogP contribution in [0.3, 0.4) is 0 Å². The zero-order valence-corrected chi connectivity index (χ0v) is 20.1. The lowest BCUT2D eigenvalue weighted by molar-refractivity contribution is 0.0170. The van der Waals surface area contributed by atoms with Gasteiger partial charge in [0.2, 0.25) is 0 Å². The van der Waals surface area contributed by atoms with Crippen LogP contribution in [0.15, 0.2) is 46.8 Å². The molecular formula is C21H30FIN4OS. The van der Waals surface area contributed by atoms with Crippen LogP contribution in [0.25, 0.3) is 0 Å². The highest BCUT2D eigenvalue weighted by Crippen LogP contribution is 2.22. The van der Waals surface area contributed by atoms with Crippen LogP contribution in [-0.4, -0.2) is 57.3 Å². The first-order chi connectivity index (χ1) is 13.7. The Balaban J connectivity index is 0.00000300. The summed E-state index contributed by atoms with van der Waals surface area (Å²) in [6.45, 7) is 6.90. The maximum Gasteiger partial charge on any atom is 0.191 e. The average molecular weight is 532 g/mol. The van der Waals surface area contributed by atoms with E-state index < -0.39 is 0 Å². The van der Waals surface area contributed by atoms with Gasteiger partial charge in [0.1, 0.15) is 5.82 Å². The normalized spacial score (nSPS) is 17.3. The summed E-state index contributed by atoms with van der Waals surface area (Å²) in [5.74, 6) is 0.993. The van der Waals surface area contributed by atoms with Crippen molar-refractivity contribution in [2.45, 2.75) is 18.9 Å². The van der Waals surface area contributed by atoms with Gasteiger partial charge in [-0.25, -0.2) is 4.39 Å². The Morgan fingerprint density at radius 1 is 1.17 bits per heavy atom. The third kappa shape index (κ3) is 7.20. The number of ether oxygens (including phenoxy) is 1. The SMILES string of the molecule is CN=C(NCC(C)c1cccs1)NCC(c1ccc(F)cc1)N1CCOCC1.I. The highest BCUT2D eigenvalue weighted by atomic mass is 127. The molecule has 0 spiro atoms. The summed E-state index contributed by atoms with van der Waals surface area (Å²) in [6, 6.07) is 11.2. The number of hydrogen-bond acceptors (Lipinski definition) is 4. The molecule has 1 fully saturated rings. The van der Waals surface area contributed by atoms with E-state index in [0.29, 0.717) is 12.5 Å². The Morgan fingerprint density at radius 2 is 1.86 bits per heavy atom. The largest absolute Gasteiger partial charge is 0.379 e. The number of benzene rings is 1. The summed E-state index contributed by atoms with van der Waals surface area (Å²) in [5, 5.41) is 8.97. The lowest BCUT2D eigenvalue weighted by Gasteiger charge is -2.35. The molecule has 2 heterocycles. The number of guanidine groups is 1. The third-order valence-electron chi connectivity index (χ3n) is 5.03. The van der Waals surface area contributed by atoms with Crippen LogP contribution in [0.5, 0.6) is 0 Å². The van der Waals surface area contributed by atoms with Crippen LogP contribution in [-0.2, 0) is 4.74 Å². The van der Waals surface area contributed by atoms with E-state index >= 15 is 0 Å². The van der Waals surface area contributed by atoms with Crippen LogP contribution in [0.2, 0.25) is 0 Å². The summed E-state index contributed by atoms with van der Waals surface area (Å²) >= 11 is 1.78. The van der Waals surface area contributed by atoms with Crippen LogP contribution in [0.4, 0.5) is 4.39 Å². The minimum Gasteiger partial charge on any atom is -0.379 e. The van der Waals surface area contributed by atoms with Crippen molar-refractivity contribution in [3.05, 3.63) is 58.0 Å². The Kier molecular flexibility index (Phi) is 10.3. The summed E-state index contributed by atoms with van der Waals surface area (Å²) in [4.78, 5) is 8.10. The van der Waals surface area contributed by atoms with Gasteiger partial charge in [0.25, 0.3) is 0 Å². The first-order valence-corrected chi connectivity index (χ1v) is 10.6. The van der Waals surface area contributed by atoms with Gasteiger partial charge < -0.3 is 15.4 Å². The maximum atomic E-state index is 13.4. The van der Waals surface area contributed by atoms with Crippen LogP contribution < -0.4 is 10.6 Å². The second kappa shape index (κ2) is 12.5. The molecule has 1 aliphatic rings. The summed E-state index contributed by atoms with van der Waals surface area (Å²) in [7, 11) is 1.78. The van der Waals surface area contributed by atoms with Crippen molar-refractivity contribution in [3.8, 4) is 0 Å². The van der Waals surface area contributed by atoms with Crippen molar-refractivity contribution < 1.29 is 9.13 Å². The first kappa shape index (κ1) is 24.0. The second-order valence-corrected chi connectivity index (χ2v) is 7.95. The quantitative estimate of drug-likeness (QED) is 0.323. The third-order valence-corrected chi connectivity index (χ3v) is 6.14. The summed E-state index contributed by atoms with van der Waals surface area (Å²) < 4.78 is 18.9. The fourth-order valence-electron chi connectivity index (χ4n) is 3.37. The zero-order chi connectivity index (χ0) is 19.8. The molecule has 0 aliphatic carbocycles. The highest BCUT2D eigenvalue weighted by molar-refractivity contribution is 14.0. The van der Waals surface area contributed by atoms with Gasteiger partial charge in [-0.2, -0.15) is 0 Å². The van der Waals surface area contributed by atoms with E-state index in [0.717, 1.165) is 44.4 Å². The lowest BCUT2D eigenvalue weighted by atomic mass is 10.0. The summed E-state index contributed by atoms with van der Waals surface area (Å²) in [5.41, 5.74) is 1.10. The van der Waals surface area contributed by atoms with Crippen molar-refractivity contribution in [2.24, 2.45) is 4.99 Å². The van der Waals surface area contributed by atoms with E-state index in [2.05, 4.69) is 45.0 Å². The van der Waals surface area contributed by atoms with Gasteiger partial charge in [-0.1, -0.05) is 25.1 Å². The second-order valence-electron chi connectivity index (χ2n) is 6.97. The Bertz CT molecular complexity index is 736. The van der Waals surface area contributed by atoms with Crippen molar-refractivity contribution in [2.75, 3.05) is 46.4 Å². The lowest BCUT2D eigenvalue weighted by Crippen LogP contribution is -2.46. The number of thiophene rings is 1. The summed E-state index contributed by atoms with van der Waals surface area (Å²) in [6.07, 6.45) is 0. The maximum absolute atomic E-state index is 13.4. The first-order valence-electron chi connectivity index (χ1n) is 9.72. The van der Waals surface area contributed by atoms with Gasteiger partial charge in [-0.3, -0.25) is 9.89 Å². The Hall–Kier alpha value is -1.23. The highest BCUT2D eigenvalue weighted by Gasteiger charge is 2.23. The average Bonchev–Trinajstić information content (AvgIpc) is 3.27. The van der Waals surface area contributed by atoms with Crippen LogP contribution in [0, 0.1) is 5.82 Å². The number of rotatable bonds is 7. The number of halogens is 2. The van der Waals surface area contributed by atoms with Crippen molar-refractivity contribution in [1.82, 2.24) is 15.5 Å². The van der Waals surface area contributed by atoms with Crippen LogP contribution in [0.1, 0.15) is 29.3 Å². The van der Waals surface area contributed by atoms with Crippen molar-refractivity contribution in [3.63, 3.8) is 0 Å². The number of nitrogens with zero attached hydrogens (tertiary/aromatic N) is 2. The van der Waals surface area contributed by atoms with Gasteiger partial charge in [-0.05, 0) is 29.1 Å². The smallest absolute Gasteiger partial charge is 0.191 e. The Morgan fingerprint density at radius 3 is 2.48 bits per heavy atom. The van der Waals surface area contributed by atoms with Gasteiger partial charge >= 0.3 is 0 Å². The monoisotopic (exact) mass is 532 g/mol. The molecule has 2 aromatic rings. The topological polar surface area (TPSA) is 48.9 Å². The molecule has 2 atom stereocenters. The molecular weight excluding hydrogens is 502 g/mol. The van der Waals surface area contributed by atoms with E-state index in [1.54, 1.807) is 18.4 Å². The molecule has 1 saturated heterocycles.